The Labute approximate surface area is 113 Å². The summed E-state index contributed by atoms with van der Waals surface area (Å²) in [7, 11) is -3.62. The number of ether oxygens (including phenoxy) is 1. The van der Waals surface area contributed by atoms with E-state index in [0.29, 0.717) is 24.6 Å². The minimum atomic E-state index is -3.62. The van der Waals surface area contributed by atoms with E-state index >= 15 is 0 Å². The predicted molar refractivity (Wildman–Crippen MR) is 69.4 cm³/mol. The lowest BCUT2D eigenvalue weighted by atomic mass is 10.1. The maximum absolute atomic E-state index is 12.8. The molecule has 0 N–H and O–H groups in total. The quantitative estimate of drug-likeness (QED) is 0.824. The van der Waals surface area contributed by atoms with E-state index in [1.165, 1.54) is 4.31 Å². The number of morpholine rings is 1. The van der Waals surface area contributed by atoms with E-state index in [1.54, 1.807) is 13.8 Å². The summed E-state index contributed by atoms with van der Waals surface area (Å²) in [6.45, 7) is 9.54. The Morgan fingerprint density at radius 1 is 1.37 bits per heavy atom. The summed E-state index contributed by atoms with van der Waals surface area (Å²) >= 11 is 0. The molecule has 0 spiro atoms. The number of hydrogen-bond donors (Lipinski definition) is 0. The fourth-order valence-corrected chi connectivity index (χ4v) is 4.47. The van der Waals surface area contributed by atoms with Crippen LogP contribution in [-0.2, 0) is 14.8 Å². The molecule has 19 heavy (non-hydrogen) atoms. The van der Waals surface area contributed by atoms with Crippen LogP contribution in [0, 0.1) is 13.8 Å². The molecule has 0 unspecified atom stereocenters. The minimum Gasteiger partial charge on any atom is -0.375 e. The fourth-order valence-electron chi connectivity index (χ4n) is 2.33. The molecule has 0 bridgehead atoms. The van der Waals surface area contributed by atoms with Crippen molar-refractivity contribution in [1.29, 1.82) is 0 Å². The van der Waals surface area contributed by atoms with E-state index in [-0.39, 0.29) is 11.0 Å². The van der Waals surface area contributed by atoms with Gasteiger partial charge < -0.3 is 9.26 Å². The summed E-state index contributed by atoms with van der Waals surface area (Å²) < 4.78 is 37.7. The highest BCUT2D eigenvalue weighted by molar-refractivity contribution is 7.89. The number of rotatable bonds is 2. The van der Waals surface area contributed by atoms with Crippen LogP contribution in [-0.4, -0.2) is 42.7 Å². The molecule has 7 heteroatoms. The summed E-state index contributed by atoms with van der Waals surface area (Å²) in [5.74, 6) is 0.326. The molecular weight excluding hydrogens is 268 g/mol. The minimum absolute atomic E-state index is 0.122. The molecule has 6 nitrogen and oxygen atoms in total. The van der Waals surface area contributed by atoms with Crippen molar-refractivity contribution < 1.29 is 17.7 Å². The van der Waals surface area contributed by atoms with E-state index < -0.39 is 15.6 Å². The monoisotopic (exact) mass is 288 g/mol. The summed E-state index contributed by atoms with van der Waals surface area (Å²) in [6.07, 6.45) is -0.122. The highest BCUT2D eigenvalue weighted by Gasteiger charge is 2.43. The first-order valence-corrected chi connectivity index (χ1v) is 7.67. The van der Waals surface area contributed by atoms with Crippen molar-refractivity contribution in [3.63, 3.8) is 0 Å². The normalized spacial score (nSPS) is 24.6. The Morgan fingerprint density at radius 2 is 2.00 bits per heavy atom. The molecule has 1 fully saturated rings. The van der Waals surface area contributed by atoms with Crippen LogP contribution in [0.25, 0.3) is 0 Å². The zero-order valence-electron chi connectivity index (χ0n) is 11.9. The average molecular weight is 288 g/mol. The van der Waals surface area contributed by atoms with Crippen molar-refractivity contribution in [2.24, 2.45) is 0 Å². The summed E-state index contributed by atoms with van der Waals surface area (Å²) in [4.78, 5) is 0.176. The third-order valence-electron chi connectivity index (χ3n) is 3.34. The maximum Gasteiger partial charge on any atom is 0.249 e. The first kappa shape index (κ1) is 14.5. The van der Waals surface area contributed by atoms with Crippen LogP contribution in [0.15, 0.2) is 9.42 Å². The molecule has 0 saturated carbocycles. The lowest BCUT2D eigenvalue weighted by molar-refractivity contribution is -0.0551. The van der Waals surface area contributed by atoms with Crippen LogP contribution in [0.3, 0.4) is 0 Å². The second-order valence-electron chi connectivity index (χ2n) is 5.62. The molecule has 0 aromatic carbocycles. The Balaban J connectivity index is 2.49. The maximum atomic E-state index is 12.8. The van der Waals surface area contributed by atoms with Gasteiger partial charge >= 0.3 is 0 Å². The van der Waals surface area contributed by atoms with Crippen LogP contribution < -0.4 is 0 Å². The van der Waals surface area contributed by atoms with Crippen LogP contribution in [0.1, 0.15) is 32.2 Å². The molecular formula is C12H20N2O4S. The van der Waals surface area contributed by atoms with Gasteiger partial charge in [-0.1, -0.05) is 5.16 Å². The highest BCUT2D eigenvalue weighted by Crippen LogP contribution is 2.31. The van der Waals surface area contributed by atoms with Gasteiger partial charge in [-0.25, -0.2) is 8.42 Å². The Morgan fingerprint density at radius 3 is 2.53 bits per heavy atom. The molecule has 0 aliphatic carbocycles. The zero-order chi connectivity index (χ0) is 14.4. The van der Waals surface area contributed by atoms with Crippen molar-refractivity contribution in [2.45, 2.75) is 51.2 Å². The molecule has 1 atom stereocenters. The zero-order valence-corrected chi connectivity index (χ0v) is 12.7. The van der Waals surface area contributed by atoms with Crippen molar-refractivity contribution in [3.8, 4) is 0 Å². The molecule has 1 aromatic rings. The first-order valence-electron chi connectivity index (χ1n) is 6.23. The van der Waals surface area contributed by atoms with Gasteiger partial charge in [-0.3, -0.25) is 0 Å². The molecule has 1 aliphatic rings. The number of sulfonamides is 1. The standard InChI is InChI=1S/C12H20N2O4S/c1-8-6-14(12(4,5)7-17-8)19(15,16)11-9(2)13-18-10(11)3/h8H,6-7H2,1-5H3/t8-/m1/s1. The van der Waals surface area contributed by atoms with Gasteiger partial charge in [-0.15, -0.1) is 0 Å². The van der Waals surface area contributed by atoms with Gasteiger partial charge in [0.05, 0.1) is 18.2 Å². The molecule has 1 aliphatic heterocycles. The van der Waals surface area contributed by atoms with Crippen LogP contribution in [0.2, 0.25) is 0 Å². The van der Waals surface area contributed by atoms with E-state index in [1.807, 2.05) is 20.8 Å². The van der Waals surface area contributed by atoms with Crippen molar-refractivity contribution in [3.05, 3.63) is 11.5 Å². The summed E-state index contributed by atoms with van der Waals surface area (Å²) in [6, 6.07) is 0. The van der Waals surface area contributed by atoms with Gasteiger partial charge in [0.1, 0.15) is 10.6 Å². The largest absolute Gasteiger partial charge is 0.375 e. The van der Waals surface area contributed by atoms with Crippen LogP contribution in [0.4, 0.5) is 0 Å². The summed E-state index contributed by atoms with van der Waals surface area (Å²) in [5, 5.41) is 3.73. The predicted octanol–water partition coefficient (Wildman–Crippen LogP) is 1.48. The highest BCUT2D eigenvalue weighted by atomic mass is 32.2. The molecule has 108 valence electrons. The lowest BCUT2D eigenvalue weighted by Crippen LogP contribution is -2.57. The van der Waals surface area contributed by atoms with Gasteiger partial charge in [-0.05, 0) is 34.6 Å². The van der Waals surface area contributed by atoms with Gasteiger partial charge in [0.25, 0.3) is 0 Å². The molecule has 0 amide bonds. The van der Waals surface area contributed by atoms with Gasteiger partial charge in [0, 0.05) is 6.54 Å². The van der Waals surface area contributed by atoms with E-state index in [9.17, 15) is 8.42 Å². The third kappa shape index (κ3) is 2.42. The van der Waals surface area contributed by atoms with Crippen LogP contribution in [0.5, 0.6) is 0 Å². The number of hydrogen-bond acceptors (Lipinski definition) is 5. The van der Waals surface area contributed by atoms with E-state index in [4.69, 9.17) is 9.26 Å². The SMILES string of the molecule is Cc1noc(C)c1S(=O)(=O)N1C[C@@H](C)OCC1(C)C. The number of nitrogens with zero attached hydrogens (tertiary/aromatic N) is 2. The smallest absolute Gasteiger partial charge is 0.249 e. The Hall–Kier alpha value is -0.920. The molecule has 1 saturated heterocycles. The molecule has 2 heterocycles. The van der Waals surface area contributed by atoms with Gasteiger partial charge in [-0.2, -0.15) is 4.31 Å². The van der Waals surface area contributed by atoms with Crippen molar-refractivity contribution in [1.82, 2.24) is 9.46 Å². The number of aromatic nitrogens is 1. The fraction of sp³-hybridized carbons (Fsp3) is 0.750. The summed E-state index contributed by atoms with van der Waals surface area (Å²) in [5.41, 5.74) is -0.186. The third-order valence-corrected chi connectivity index (χ3v) is 5.66. The molecule has 1 aromatic heterocycles. The first-order chi connectivity index (χ1) is 8.66. The van der Waals surface area contributed by atoms with Crippen LogP contribution >= 0.6 is 0 Å². The average Bonchev–Trinajstić information content (AvgIpc) is 2.62. The van der Waals surface area contributed by atoms with E-state index in [0.717, 1.165) is 0 Å². The van der Waals surface area contributed by atoms with Gasteiger partial charge in [0.2, 0.25) is 10.0 Å². The molecule has 2 rings (SSSR count). The Kier molecular flexibility index (Phi) is 3.49. The Bertz CT molecular complexity index is 557. The second-order valence-corrected chi connectivity index (χ2v) is 7.42. The van der Waals surface area contributed by atoms with Gasteiger partial charge in [0.15, 0.2) is 5.76 Å². The van der Waals surface area contributed by atoms with Crippen molar-refractivity contribution >= 4 is 10.0 Å². The number of aryl methyl sites for hydroxylation is 2. The van der Waals surface area contributed by atoms with Crippen molar-refractivity contribution in [2.75, 3.05) is 13.2 Å². The molecule has 0 radical (unpaired) electrons. The lowest BCUT2D eigenvalue weighted by Gasteiger charge is -2.43. The topological polar surface area (TPSA) is 72.6 Å². The van der Waals surface area contributed by atoms with E-state index in [2.05, 4.69) is 5.16 Å². The second kappa shape index (κ2) is 4.57.